The number of aliphatic hydroxyl groups is 2. The first-order chi connectivity index (χ1) is 15.6. The van der Waals surface area contributed by atoms with Crippen LogP contribution in [-0.2, 0) is 4.79 Å². The summed E-state index contributed by atoms with van der Waals surface area (Å²) in [7, 11) is 0. The SMILES string of the molecule is CC(=O)[C@]12CCC(C)(C)C[C@H]1[C@H]1[C@H](O)C[C@@H]3[C@@]4(C)CC[C@H](O)C(C)(C)[C@@H]4CC[C@@]3(C)[C@]1(C)CC2. The lowest BCUT2D eigenvalue weighted by Gasteiger charge is -2.74. The number of fused-ring (bicyclic) bond motifs is 7. The number of carbonyl (C=O) groups is 1. The van der Waals surface area contributed by atoms with Gasteiger partial charge >= 0.3 is 0 Å². The molecule has 3 heteroatoms. The smallest absolute Gasteiger partial charge is 0.136 e. The third-order valence-corrected chi connectivity index (χ3v) is 13.9. The average molecular weight is 473 g/mol. The van der Waals surface area contributed by atoms with Gasteiger partial charge in [0.1, 0.15) is 5.78 Å². The summed E-state index contributed by atoms with van der Waals surface area (Å²) in [6.07, 6.45) is 9.94. The fourth-order valence-electron chi connectivity index (χ4n) is 11.6. The van der Waals surface area contributed by atoms with Crippen LogP contribution < -0.4 is 0 Å². The summed E-state index contributed by atoms with van der Waals surface area (Å²) in [4.78, 5) is 13.2. The highest BCUT2D eigenvalue weighted by atomic mass is 16.3. The Bertz CT molecular complexity index is 861. The molecule has 3 nitrogen and oxygen atoms in total. The van der Waals surface area contributed by atoms with Crippen molar-refractivity contribution in [3.05, 3.63) is 0 Å². The molecule has 0 aromatic rings. The molecule has 0 heterocycles. The standard InChI is InChI=1S/C31H52O3/c1-19(32)31-15-13-26(2,3)18-20(31)25-21(33)17-23-28(6)11-10-24(34)27(4,5)22(28)9-12-29(23,7)30(25,8)14-16-31/h20-25,33-34H,9-18H2,1-8H3/t20-,21+,22-,23+,24-,25-,28-,29+,30+,31+/m0/s1. The fraction of sp³-hybridized carbons (Fsp3) is 0.968. The van der Waals surface area contributed by atoms with Crippen LogP contribution in [0.3, 0.4) is 0 Å². The minimum atomic E-state index is -0.327. The molecule has 5 fully saturated rings. The molecule has 194 valence electrons. The van der Waals surface area contributed by atoms with Crippen molar-refractivity contribution in [2.45, 2.75) is 132 Å². The second kappa shape index (κ2) is 7.33. The number of hydrogen-bond acceptors (Lipinski definition) is 3. The van der Waals surface area contributed by atoms with Crippen molar-refractivity contribution in [2.75, 3.05) is 0 Å². The van der Waals surface area contributed by atoms with Gasteiger partial charge < -0.3 is 10.2 Å². The zero-order valence-electron chi connectivity index (χ0n) is 23.3. The Labute approximate surface area is 208 Å². The Balaban J connectivity index is 1.59. The Morgan fingerprint density at radius 2 is 1.41 bits per heavy atom. The lowest BCUT2D eigenvalue weighted by Crippen LogP contribution is -2.70. The van der Waals surface area contributed by atoms with E-state index in [-0.39, 0.29) is 50.6 Å². The van der Waals surface area contributed by atoms with Gasteiger partial charge in [-0.25, -0.2) is 0 Å². The summed E-state index contributed by atoms with van der Waals surface area (Å²) in [6, 6.07) is 0. The lowest BCUT2D eigenvalue weighted by atomic mass is 9.31. The third kappa shape index (κ3) is 2.98. The molecule has 0 aromatic heterocycles. The predicted molar refractivity (Wildman–Crippen MR) is 137 cm³/mol. The van der Waals surface area contributed by atoms with Gasteiger partial charge in [-0.15, -0.1) is 0 Å². The molecule has 10 atom stereocenters. The van der Waals surface area contributed by atoms with E-state index < -0.39 is 0 Å². The van der Waals surface area contributed by atoms with E-state index in [9.17, 15) is 15.0 Å². The molecule has 5 saturated carbocycles. The molecule has 0 amide bonds. The summed E-state index contributed by atoms with van der Waals surface area (Å²) in [6.45, 7) is 18.8. The van der Waals surface area contributed by atoms with Crippen molar-refractivity contribution in [3.8, 4) is 0 Å². The van der Waals surface area contributed by atoms with Crippen LogP contribution in [0.25, 0.3) is 0 Å². The molecular weight excluding hydrogens is 420 g/mol. The zero-order chi connectivity index (χ0) is 25.1. The topological polar surface area (TPSA) is 57.5 Å². The zero-order valence-corrected chi connectivity index (χ0v) is 23.3. The molecule has 0 aromatic carbocycles. The monoisotopic (exact) mass is 472 g/mol. The van der Waals surface area contributed by atoms with E-state index in [4.69, 9.17) is 0 Å². The first-order valence-electron chi connectivity index (χ1n) is 14.4. The molecule has 0 unspecified atom stereocenters. The van der Waals surface area contributed by atoms with Crippen LogP contribution in [0.5, 0.6) is 0 Å². The van der Waals surface area contributed by atoms with E-state index in [1.807, 2.05) is 6.92 Å². The van der Waals surface area contributed by atoms with Crippen molar-refractivity contribution < 1.29 is 15.0 Å². The molecule has 5 aliphatic rings. The molecule has 0 saturated heterocycles. The van der Waals surface area contributed by atoms with Crippen molar-refractivity contribution in [2.24, 2.45) is 56.2 Å². The van der Waals surface area contributed by atoms with E-state index in [0.29, 0.717) is 23.5 Å². The largest absolute Gasteiger partial charge is 0.393 e. The van der Waals surface area contributed by atoms with E-state index in [2.05, 4.69) is 48.5 Å². The summed E-state index contributed by atoms with van der Waals surface area (Å²) in [5, 5.41) is 23.0. The summed E-state index contributed by atoms with van der Waals surface area (Å²) < 4.78 is 0. The number of rotatable bonds is 1. The fourth-order valence-corrected chi connectivity index (χ4v) is 11.6. The minimum absolute atomic E-state index is 0.0561. The van der Waals surface area contributed by atoms with Crippen molar-refractivity contribution in [1.82, 2.24) is 0 Å². The highest BCUT2D eigenvalue weighted by Gasteiger charge is 2.72. The van der Waals surface area contributed by atoms with Crippen molar-refractivity contribution in [1.29, 1.82) is 0 Å². The maximum absolute atomic E-state index is 13.2. The Morgan fingerprint density at radius 3 is 2.06 bits per heavy atom. The van der Waals surface area contributed by atoms with Gasteiger partial charge in [0.25, 0.3) is 0 Å². The van der Waals surface area contributed by atoms with Gasteiger partial charge in [0.05, 0.1) is 12.2 Å². The molecular formula is C31H52O3. The van der Waals surface area contributed by atoms with Crippen LogP contribution in [0.15, 0.2) is 0 Å². The number of hydrogen-bond donors (Lipinski definition) is 2. The maximum atomic E-state index is 13.2. The van der Waals surface area contributed by atoms with Crippen LogP contribution in [0.2, 0.25) is 0 Å². The molecule has 5 aliphatic carbocycles. The lowest BCUT2D eigenvalue weighted by molar-refractivity contribution is -0.276. The highest BCUT2D eigenvalue weighted by Crippen LogP contribution is 2.77. The van der Waals surface area contributed by atoms with Crippen molar-refractivity contribution >= 4 is 5.78 Å². The van der Waals surface area contributed by atoms with Gasteiger partial charge in [0.2, 0.25) is 0 Å². The van der Waals surface area contributed by atoms with Crippen LogP contribution in [0.4, 0.5) is 0 Å². The van der Waals surface area contributed by atoms with E-state index in [1.54, 1.807) is 0 Å². The quantitative estimate of drug-likeness (QED) is 0.442. The van der Waals surface area contributed by atoms with Gasteiger partial charge in [-0.05, 0) is 122 Å². The van der Waals surface area contributed by atoms with E-state index in [0.717, 1.165) is 51.4 Å². The molecule has 0 aliphatic heterocycles. The van der Waals surface area contributed by atoms with Crippen LogP contribution >= 0.6 is 0 Å². The third-order valence-electron chi connectivity index (χ3n) is 13.9. The summed E-state index contributed by atoms with van der Waals surface area (Å²) in [5.41, 5.74) is 0.340. The number of carbonyl (C=O) groups excluding carboxylic acids is 1. The highest BCUT2D eigenvalue weighted by molar-refractivity contribution is 5.83. The molecule has 0 bridgehead atoms. The van der Waals surface area contributed by atoms with Crippen LogP contribution in [0, 0.1) is 56.2 Å². The first kappa shape index (κ1) is 25.2. The number of Topliss-reactive ketones (excluding diaryl/α,β-unsaturated/α-hetero) is 1. The molecule has 0 spiro atoms. The minimum Gasteiger partial charge on any atom is -0.393 e. The van der Waals surface area contributed by atoms with Crippen LogP contribution in [-0.4, -0.2) is 28.2 Å². The van der Waals surface area contributed by atoms with Gasteiger partial charge in [0, 0.05) is 5.41 Å². The summed E-state index contributed by atoms with van der Waals surface area (Å²) >= 11 is 0. The predicted octanol–water partition coefficient (Wildman–Crippen LogP) is 6.79. The second-order valence-corrected chi connectivity index (χ2v) is 15.9. The van der Waals surface area contributed by atoms with Gasteiger partial charge in [-0.1, -0.05) is 48.5 Å². The normalized spacial score (nSPS) is 55.8. The van der Waals surface area contributed by atoms with Gasteiger partial charge in [-0.3, -0.25) is 4.79 Å². The maximum Gasteiger partial charge on any atom is 0.136 e. The molecule has 34 heavy (non-hydrogen) atoms. The van der Waals surface area contributed by atoms with Crippen molar-refractivity contribution in [3.63, 3.8) is 0 Å². The number of aliphatic hydroxyl groups excluding tert-OH is 2. The average Bonchev–Trinajstić information content (AvgIpc) is 2.72. The van der Waals surface area contributed by atoms with Gasteiger partial charge in [0.15, 0.2) is 0 Å². The van der Waals surface area contributed by atoms with E-state index in [1.165, 1.54) is 12.8 Å². The number of ketones is 1. The first-order valence-corrected chi connectivity index (χ1v) is 14.4. The van der Waals surface area contributed by atoms with E-state index >= 15 is 0 Å². The summed E-state index contributed by atoms with van der Waals surface area (Å²) in [5.74, 6) is 1.88. The Morgan fingerprint density at radius 1 is 0.765 bits per heavy atom. The Hall–Kier alpha value is -0.410. The van der Waals surface area contributed by atoms with Gasteiger partial charge in [-0.2, -0.15) is 0 Å². The second-order valence-electron chi connectivity index (χ2n) is 15.9. The molecule has 0 radical (unpaired) electrons. The molecule has 5 rings (SSSR count). The Kier molecular flexibility index (Phi) is 5.45. The van der Waals surface area contributed by atoms with Crippen LogP contribution in [0.1, 0.15) is 120 Å². The molecule has 2 N–H and O–H groups in total.